The van der Waals surface area contributed by atoms with Crippen LogP contribution in [0.2, 0.25) is 0 Å². The maximum absolute atomic E-state index is 12.9. The Kier molecular flexibility index (Phi) is 4.28. The van der Waals surface area contributed by atoms with Crippen LogP contribution in [0.5, 0.6) is 0 Å². The van der Waals surface area contributed by atoms with Gasteiger partial charge in [-0.05, 0) is 19.8 Å². The lowest BCUT2D eigenvalue weighted by Gasteiger charge is -2.30. The number of halogens is 2. The second-order valence-electron chi connectivity index (χ2n) is 4.19. The summed E-state index contributed by atoms with van der Waals surface area (Å²) in [4.78, 5) is 13.5. The van der Waals surface area contributed by atoms with Gasteiger partial charge in [0.25, 0.3) is 0 Å². The third kappa shape index (κ3) is 3.19. The molecular weight excluding hydrogens is 212 g/mol. The number of terminal acetylenes is 1. The van der Waals surface area contributed by atoms with Crippen molar-refractivity contribution >= 4 is 5.91 Å². The summed E-state index contributed by atoms with van der Waals surface area (Å²) >= 11 is 0. The number of rotatable bonds is 3. The van der Waals surface area contributed by atoms with Crippen molar-refractivity contribution < 1.29 is 13.6 Å². The highest BCUT2D eigenvalue weighted by atomic mass is 19.3. The monoisotopic (exact) mass is 229 g/mol. The van der Waals surface area contributed by atoms with Crippen LogP contribution in [0.1, 0.15) is 32.6 Å². The Morgan fingerprint density at radius 1 is 1.50 bits per heavy atom. The van der Waals surface area contributed by atoms with Crippen LogP contribution in [0.3, 0.4) is 0 Å². The Morgan fingerprint density at radius 2 is 2.06 bits per heavy atom. The zero-order valence-corrected chi connectivity index (χ0v) is 9.51. The Balaban J connectivity index is 2.53. The standard InChI is InChI=1S/C12H17F2NO/c1-3-9-15(4-2)11(16)10-5-7-12(13,14)8-6-10/h1,10H,4-9H2,2H3. The fourth-order valence-electron chi connectivity index (χ4n) is 2.00. The molecule has 0 aromatic heterocycles. The molecule has 1 aliphatic carbocycles. The molecule has 0 atom stereocenters. The first-order valence-corrected chi connectivity index (χ1v) is 5.60. The van der Waals surface area contributed by atoms with Crippen LogP contribution in [0.4, 0.5) is 8.78 Å². The van der Waals surface area contributed by atoms with Gasteiger partial charge in [-0.2, -0.15) is 0 Å². The van der Waals surface area contributed by atoms with Crippen LogP contribution < -0.4 is 0 Å². The molecule has 0 N–H and O–H groups in total. The first-order chi connectivity index (χ1) is 7.50. The SMILES string of the molecule is C#CCN(CC)C(=O)C1CCC(F)(F)CC1. The van der Waals surface area contributed by atoms with E-state index in [2.05, 4.69) is 5.92 Å². The lowest BCUT2D eigenvalue weighted by molar-refractivity contribution is -0.138. The van der Waals surface area contributed by atoms with Crippen LogP contribution in [0.15, 0.2) is 0 Å². The van der Waals surface area contributed by atoms with E-state index in [1.807, 2.05) is 6.92 Å². The lowest BCUT2D eigenvalue weighted by atomic mass is 9.86. The van der Waals surface area contributed by atoms with Gasteiger partial charge in [-0.25, -0.2) is 8.78 Å². The van der Waals surface area contributed by atoms with Gasteiger partial charge < -0.3 is 4.90 Å². The molecule has 0 aromatic carbocycles. The molecule has 1 amide bonds. The Labute approximate surface area is 95.0 Å². The van der Waals surface area contributed by atoms with Crippen molar-refractivity contribution in [1.29, 1.82) is 0 Å². The normalized spacial score (nSPS) is 20.1. The summed E-state index contributed by atoms with van der Waals surface area (Å²) in [5.74, 6) is -0.515. The molecule has 4 heteroatoms. The van der Waals surface area contributed by atoms with Crippen molar-refractivity contribution in [2.24, 2.45) is 5.92 Å². The predicted octanol–water partition coefficient (Wildman–Crippen LogP) is 2.29. The summed E-state index contributed by atoms with van der Waals surface area (Å²) in [7, 11) is 0. The van der Waals surface area contributed by atoms with Gasteiger partial charge in [0.1, 0.15) is 0 Å². The Morgan fingerprint density at radius 3 is 2.50 bits per heavy atom. The Bertz CT molecular complexity index is 286. The quantitative estimate of drug-likeness (QED) is 0.680. The molecule has 0 spiro atoms. The molecule has 1 rings (SSSR count). The van der Waals surface area contributed by atoms with Crippen LogP contribution in [-0.4, -0.2) is 29.8 Å². The Hall–Kier alpha value is -1.11. The highest BCUT2D eigenvalue weighted by Crippen LogP contribution is 2.36. The van der Waals surface area contributed by atoms with E-state index in [0.717, 1.165) is 0 Å². The first kappa shape index (κ1) is 13.0. The van der Waals surface area contributed by atoms with Crippen molar-refractivity contribution in [3.05, 3.63) is 0 Å². The third-order valence-electron chi connectivity index (χ3n) is 3.04. The van der Waals surface area contributed by atoms with Gasteiger partial charge in [-0.3, -0.25) is 4.79 Å². The molecule has 1 fully saturated rings. The molecule has 90 valence electrons. The van der Waals surface area contributed by atoms with Crippen molar-refractivity contribution in [2.45, 2.75) is 38.5 Å². The fourth-order valence-corrected chi connectivity index (χ4v) is 2.00. The molecule has 0 aromatic rings. The van der Waals surface area contributed by atoms with Gasteiger partial charge in [-0.1, -0.05) is 5.92 Å². The van der Waals surface area contributed by atoms with Gasteiger partial charge in [-0.15, -0.1) is 6.42 Å². The van der Waals surface area contributed by atoms with Gasteiger partial charge in [0.2, 0.25) is 11.8 Å². The molecule has 0 radical (unpaired) electrons. The zero-order chi connectivity index (χ0) is 12.2. The molecule has 0 saturated heterocycles. The van der Waals surface area contributed by atoms with E-state index in [9.17, 15) is 13.6 Å². The van der Waals surface area contributed by atoms with Crippen molar-refractivity contribution in [1.82, 2.24) is 4.90 Å². The van der Waals surface area contributed by atoms with Gasteiger partial charge in [0.15, 0.2) is 0 Å². The number of amides is 1. The van der Waals surface area contributed by atoms with E-state index in [-0.39, 0.29) is 44.1 Å². The third-order valence-corrected chi connectivity index (χ3v) is 3.04. The molecule has 0 aliphatic heterocycles. The molecule has 1 saturated carbocycles. The highest BCUT2D eigenvalue weighted by molar-refractivity contribution is 5.79. The summed E-state index contributed by atoms with van der Waals surface area (Å²) in [6, 6.07) is 0. The largest absolute Gasteiger partial charge is 0.332 e. The second-order valence-corrected chi connectivity index (χ2v) is 4.19. The molecule has 2 nitrogen and oxygen atoms in total. The predicted molar refractivity (Wildman–Crippen MR) is 58.0 cm³/mol. The first-order valence-electron chi connectivity index (χ1n) is 5.60. The molecule has 0 heterocycles. The van der Waals surface area contributed by atoms with Gasteiger partial charge in [0, 0.05) is 25.3 Å². The van der Waals surface area contributed by atoms with E-state index in [1.54, 1.807) is 4.90 Å². The van der Waals surface area contributed by atoms with E-state index in [1.165, 1.54) is 0 Å². The maximum atomic E-state index is 12.9. The second kappa shape index (κ2) is 5.29. The number of carbonyl (C=O) groups excluding carboxylic acids is 1. The topological polar surface area (TPSA) is 20.3 Å². The maximum Gasteiger partial charge on any atom is 0.248 e. The van der Waals surface area contributed by atoms with Crippen molar-refractivity contribution in [2.75, 3.05) is 13.1 Å². The minimum Gasteiger partial charge on any atom is -0.332 e. The van der Waals surface area contributed by atoms with Crippen LogP contribution in [0.25, 0.3) is 0 Å². The molecular formula is C12H17F2NO. The minimum atomic E-state index is -2.58. The summed E-state index contributed by atoms with van der Waals surface area (Å²) in [6.07, 6.45) is 5.33. The average molecular weight is 229 g/mol. The molecule has 1 aliphatic rings. The number of hydrogen-bond donors (Lipinski definition) is 0. The van der Waals surface area contributed by atoms with Gasteiger partial charge in [0.05, 0.1) is 6.54 Å². The van der Waals surface area contributed by atoms with E-state index >= 15 is 0 Å². The summed E-state index contributed by atoms with van der Waals surface area (Å²) in [5, 5.41) is 0. The zero-order valence-electron chi connectivity index (χ0n) is 9.51. The smallest absolute Gasteiger partial charge is 0.248 e. The van der Waals surface area contributed by atoms with Crippen molar-refractivity contribution in [3.8, 4) is 12.3 Å². The summed E-state index contributed by atoms with van der Waals surface area (Å²) in [6.45, 7) is 2.64. The van der Waals surface area contributed by atoms with Crippen molar-refractivity contribution in [3.63, 3.8) is 0 Å². The lowest BCUT2D eigenvalue weighted by Crippen LogP contribution is -2.39. The summed E-state index contributed by atoms with van der Waals surface area (Å²) in [5.41, 5.74) is 0. The van der Waals surface area contributed by atoms with E-state index in [4.69, 9.17) is 6.42 Å². The number of alkyl halides is 2. The van der Waals surface area contributed by atoms with E-state index < -0.39 is 5.92 Å². The number of nitrogens with zero attached hydrogens (tertiary/aromatic N) is 1. The van der Waals surface area contributed by atoms with Gasteiger partial charge >= 0.3 is 0 Å². The summed E-state index contributed by atoms with van der Waals surface area (Å²) < 4.78 is 25.8. The number of hydrogen-bond acceptors (Lipinski definition) is 1. The van der Waals surface area contributed by atoms with Crippen LogP contribution >= 0.6 is 0 Å². The highest BCUT2D eigenvalue weighted by Gasteiger charge is 2.38. The fraction of sp³-hybridized carbons (Fsp3) is 0.750. The number of carbonyl (C=O) groups is 1. The van der Waals surface area contributed by atoms with E-state index in [0.29, 0.717) is 6.54 Å². The van der Waals surface area contributed by atoms with Crippen LogP contribution in [-0.2, 0) is 4.79 Å². The van der Waals surface area contributed by atoms with Crippen LogP contribution in [0, 0.1) is 18.3 Å². The molecule has 0 unspecified atom stereocenters. The average Bonchev–Trinajstić information content (AvgIpc) is 2.25. The molecule has 16 heavy (non-hydrogen) atoms. The minimum absolute atomic E-state index is 0.0732. The molecule has 0 bridgehead atoms.